The molecule has 0 aliphatic rings. The summed E-state index contributed by atoms with van der Waals surface area (Å²) in [6.45, 7) is 2.02. The fourth-order valence-electron chi connectivity index (χ4n) is 1.35. The van der Waals surface area contributed by atoms with Crippen molar-refractivity contribution in [3.8, 4) is 0 Å². The van der Waals surface area contributed by atoms with E-state index in [1.807, 2.05) is 0 Å². The molecule has 0 saturated heterocycles. The third kappa shape index (κ3) is 7.76. The summed E-state index contributed by atoms with van der Waals surface area (Å²) in [5.74, 6) is 0. The van der Waals surface area contributed by atoms with Crippen LogP contribution in [0.3, 0.4) is 0 Å². The van der Waals surface area contributed by atoms with Gasteiger partial charge in [-0.2, -0.15) is 0 Å². The molecule has 6 nitrogen and oxygen atoms in total. The molecule has 0 heterocycles. The minimum atomic E-state index is -2.46. The van der Waals surface area contributed by atoms with E-state index >= 15 is 0 Å². The van der Waals surface area contributed by atoms with Gasteiger partial charge in [-0.1, -0.05) is 20.2 Å². The number of nitrogens with two attached hydrogens (primary N) is 1. The lowest BCUT2D eigenvalue weighted by atomic mass is 9.87. The average molecular weight is 263 g/mol. The van der Waals surface area contributed by atoms with E-state index in [9.17, 15) is 9.59 Å². The zero-order valence-corrected chi connectivity index (χ0v) is 11.1. The predicted molar refractivity (Wildman–Crippen MR) is 68.2 cm³/mol. The van der Waals surface area contributed by atoms with Gasteiger partial charge >= 0.3 is 12.2 Å². The van der Waals surface area contributed by atoms with E-state index in [1.54, 1.807) is 20.8 Å². The molecule has 106 valence electrons. The zero-order valence-electron chi connectivity index (χ0n) is 14.1. The van der Waals surface area contributed by atoms with Crippen LogP contribution in [0.2, 0.25) is 0 Å². The van der Waals surface area contributed by atoms with Crippen LogP contribution in [0.25, 0.3) is 0 Å². The fraction of sp³-hybridized carbons (Fsp3) is 0.833. The lowest BCUT2D eigenvalue weighted by Gasteiger charge is -2.27. The first kappa shape index (κ1) is 11.6. The number of hydrogen-bond acceptors (Lipinski definition) is 4. The minimum absolute atomic E-state index is 0.132. The first-order valence-corrected chi connectivity index (χ1v) is 5.89. The number of carbonyl (C=O) groups is 2. The van der Waals surface area contributed by atoms with Gasteiger partial charge in [-0.15, -0.1) is 0 Å². The van der Waals surface area contributed by atoms with Gasteiger partial charge in [0.25, 0.3) is 0 Å². The van der Waals surface area contributed by atoms with Gasteiger partial charge in [-0.3, -0.25) is 0 Å². The van der Waals surface area contributed by atoms with Crippen LogP contribution in [0.1, 0.15) is 44.6 Å². The molecule has 0 rings (SSSR count). The Morgan fingerprint density at radius 1 is 1.39 bits per heavy atom. The van der Waals surface area contributed by atoms with E-state index in [-0.39, 0.29) is 19.1 Å². The van der Waals surface area contributed by atoms with Crippen LogP contribution in [0.15, 0.2) is 0 Å². The van der Waals surface area contributed by atoms with Crippen LogP contribution < -0.4 is 11.1 Å². The Labute approximate surface area is 112 Å². The highest BCUT2D eigenvalue weighted by Crippen LogP contribution is 2.24. The third-order valence-electron chi connectivity index (χ3n) is 2.11. The molecular formula is C12H24N2O4. The van der Waals surface area contributed by atoms with Crippen LogP contribution in [0.4, 0.5) is 9.59 Å². The molecule has 6 heteroatoms. The van der Waals surface area contributed by atoms with Gasteiger partial charge in [0.15, 0.2) is 0 Å². The van der Waals surface area contributed by atoms with Gasteiger partial charge in [-0.05, 0) is 20.3 Å². The van der Waals surface area contributed by atoms with Crippen molar-refractivity contribution in [2.45, 2.75) is 46.5 Å². The zero-order chi connectivity index (χ0) is 16.7. The summed E-state index contributed by atoms with van der Waals surface area (Å²) in [4.78, 5) is 22.3. The largest absolute Gasteiger partial charge is 0.449 e. The predicted octanol–water partition coefficient (Wildman–Crippen LogP) is 2.02. The molecule has 0 aliphatic carbocycles. The molecule has 0 saturated carbocycles. The maximum atomic E-state index is 11.5. The molecule has 0 bridgehead atoms. The average Bonchev–Trinajstić information content (AvgIpc) is 2.30. The van der Waals surface area contributed by atoms with Gasteiger partial charge in [0.1, 0.15) is 13.2 Å². The molecule has 18 heavy (non-hydrogen) atoms. The molecule has 0 fully saturated rings. The Morgan fingerprint density at radius 2 is 2.00 bits per heavy atom. The molecule has 0 spiro atoms. The Balaban J connectivity index is 4.99. The number of ether oxygens (including phenoxy) is 2. The van der Waals surface area contributed by atoms with Crippen LogP contribution in [0, 0.1) is 5.41 Å². The summed E-state index contributed by atoms with van der Waals surface area (Å²) in [5, 5.41) is 2.50. The van der Waals surface area contributed by atoms with Gasteiger partial charge in [0.05, 0.1) is 0 Å². The minimum Gasteiger partial charge on any atom is -0.449 e. The number of alkyl carbamates (subject to hydrolysis) is 1. The molecule has 0 aromatic carbocycles. The van der Waals surface area contributed by atoms with Crippen molar-refractivity contribution < 1.29 is 23.2 Å². The molecule has 3 N–H and O–H groups in total. The summed E-state index contributed by atoms with van der Waals surface area (Å²) >= 11 is 0. The van der Waals surface area contributed by atoms with E-state index in [0.29, 0.717) is 6.42 Å². The normalized spacial score (nSPS) is 17.0. The van der Waals surface area contributed by atoms with Gasteiger partial charge < -0.3 is 20.5 Å². The Bertz CT molecular complexity index is 361. The molecule has 2 amide bonds. The highest BCUT2D eigenvalue weighted by atomic mass is 16.6. The molecule has 1 atom stereocenters. The van der Waals surface area contributed by atoms with Crippen molar-refractivity contribution in [3.05, 3.63) is 0 Å². The summed E-state index contributed by atoms with van der Waals surface area (Å²) < 4.78 is 32.6. The summed E-state index contributed by atoms with van der Waals surface area (Å²) in [6.07, 6.45) is -1.05. The van der Waals surface area contributed by atoms with E-state index in [1.165, 1.54) is 0 Å². The van der Waals surface area contributed by atoms with Crippen LogP contribution in [-0.2, 0) is 9.47 Å². The quantitative estimate of drug-likeness (QED) is 0.735. The first-order valence-electron chi connectivity index (χ1n) is 7.39. The van der Waals surface area contributed by atoms with Crippen molar-refractivity contribution in [1.29, 1.82) is 0 Å². The number of carbonyl (C=O) groups excluding carboxylic acids is 2. The van der Waals surface area contributed by atoms with Crippen molar-refractivity contribution >= 4 is 12.2 Å². The monoisotopic (exact) mass is 263 g/mol. The van der Waals surface area contributed by atoms with E-state index < -0.39 is 31.1 Å². The number of hydrogen-bond donors (Lipinski definition) is 2. The lowest BCUT2D eigenvalue weighted by Crippen LogP contribution is -2.37. The Morgan fingerprint density at radius 3 is 2.44 bits per heavy atom. The molecule has 0 aromatic heterocycles. The Hall–Kier alpha value is -1.46. The van der Waals surface area contributed by atoms with E-state index in [2.05, 4.69) is 10.1 Å². The first-order chi connectivity index (χ1) is 9.54. The second-order valence-electron chi connectivity index (χ2n) is 4.51. The van der Waals surface area contributed by atoms with Crippen LogP contribution in [0.5, 0.6) is 0 Å². The number of rotatable bonds is 7. The number of primary amides is 1. The molecular weight excluding hydrogens is 236 g/mol. The van der Waals surface area contributed by atoms with E-state index in [4.69, 9.17) is 14.6 Å². The second kappa shape index (κ2) is 7.79. The summed E-state index contributed by atoms with van der Waals surface area (Å²) in [7, 11) is 0. The molecule has 0 aliphatic heterocycles. The van der Waals surface area contributed by atoms with Crippen LogP contribution in [-0.4, -0.2) is 31.4 Å². The lowest BCUT2D eigenvalue weighted by molar-refractivity contribution is 0.0333. The van der Waals surface area contributed by atoms with Gasteiger partial charge in [0.2, 0.25) is 0 Å². The summed E-state index contributed by atoms with van der Waals surface area (Å²) in [5.41, 5.74) is 3.43. The van der Waals surface area contributed by atoms with Crippen LogP contribution >= 0.6 is 0 Å². The summed E-state index contributed by atoms with van der Waals surface area (Å²) in [6, 6.07) is -0.132. The van der Waals surface area contributed by atoms with Gasteiger partial charge in [0, 0.05) is 15.6 Å². The SMILES string of the molecule is [2H]C([2H])([2H])C(CCC)(COC(N)=O)COC(=O)NC(C)C. The highest BCUT2D eigenvalue weighted by Gasteiger charge is 2.27. The maximum Gasteiger partial charge on any atom is 0.407 e. The number of amides is 2. The third-order valence-corrected chi connectivity index (χ3v) is 2.11. The standard InChI is InChI=1S/C12H24N2O4/c1-5-6-12(4,7-17-10(13)15)8-18-11(16)14-9(2)3/h9H,5-8H2,1-4H3,(H2,13,15)(H,14,16)/i4D3. The molecule has 0 aromatic rings. The topological polar surface area (TPSA) is 90.7 Å². The van der Waals surface area contributed by atoms with Crippen molar-refractivity contribution in [2.24, 2.45) is 11.1 Å². The Kier molecular flexibility index (Phi) is 5.03. The van der Waals surface area contributed by atoms with Crippen molar-refractivity contribution in [3.63, 3.8) is 0 Å². The van der Waals surface area contributed by atoms with Gasteiger partial charge in [-0.25, -0.2) is 9.59 Å². The smallest absolute Gasteiger partial charge is 0.407 e. The fourth-order valence-corrected chi connectivity index (χ4v) is 1.35. The maximum absolute atomic E-state index is 11.5. The van der Waals surface area contributed by atoms with Crippen molar-refractivity contribution in [2.75, 3.05) is 13.2 Å². The molecule has 0 radical (unpaired) electrons. The van der Waals surface area contributed by atoms with Crippen molar-refractivity contribution in [1.82, 2.24) is 5.32 Å². The number of nitrogens with one attached hydrogen (secondary N) is 1. The second-order valence-corrected chi connectivity index (χ2v) is 4.51. The van der Waals surface area contributed by atoms with E-state index in [0.717, 1.165) is 0 Å². The highest BCUT2D eigenvalue weighted by molar-refractivity contribution is 5.67. The molecule has 1 unspecified atom stereocenters.